The Balaban J connectivity index is 1.42. The van der Waals surface area contributed by atoms with Gasteiger partial charge in [0, 0.05) is 38.4 Å². The van der Waals surface area contributed by atoms with Crippen molar-refractivity contribution in [3.05, 3.63) is 138 Å². The molecule has 0 aliphatic carbocycles. The number of aromatic nitrogens is 3. The van der Waals surface area contributed by atoms with E-state index in [0.717, 1.165) is 55.3 Å². The summed E-state index contributed by atoms with van der Waals surface area (Å²) in [6.07, 6.45) is 0. The molecule has 0 fully saturated rings. The van der Waals surface area contributed by atoms with Crippen LogP contribution in [0.2, 0.25) is 0 Å². The molecule has 0 atom stereocenters. The lowest BCUT2D eigenvalue weighted by Crippen LogP contribution is -2.30. The Morgan fingerprint density at radius 3 is 2.00 bits per heavy atom. The van der Waals surface area contributed by atoms with Gasteiger partial charge in [0.25, 0.3) is 5.82 Å². The van der Waals surface area contributed by atoms with Gasteiger partial charge >= 0.3 is 0 Å². The second kappa shape index (κ2) is 11.7. The number of nitrogens with zero attached hydrogens (tertiary/aromatic N) is 3. The molecule has 0 bridgehead atoms. The Labute approximate surface area is 298 Å². The number of pyridine rings is 1. The highest BCUT2D eigenvalue weighted by molar-refractivity contribution is 6.22. The van der Waals surface area contributed by atoms with Crippen molar-refractivity contribution in [3.63, 3.8) is 0 Å². The van der Waals surface area contributed by atoms with Gasteiger partial charge in [0.15, 0.2) is 16.6 Å². The molecule has 4 heteroatoms. The summed E-state index contributed by atoms with van der Waals surface area (Å²) < 4.78 is 12.1. The average molecular weight is 665 g/mol. The zero-order chi connectivity index (χ0) is 35.1. The van der Waals surface area contributed by atoms with Crippen molar-refractivity contribution in [1.29, 1.82) is 0 Å². The summed E-state index contributed by atoms with van der Waals surface area (Å²) in [6.45, 7) is 13.6. The van der Waals surface area contributed by atoms with E-state index in [-0.39, 0.29) is 0 Å². The maximum absolute atomic E-state index is 7.17. The van der Waals surface area contributed by atoms with Gasteiger partial charge in [-0.2, -0.15) is 4.57 Å². The molecule has 3 heterocycles. The highest BCUT2D eigenvalue weighted by atomic mass is 16.3. The summed E-state index contributed by atoms with van der Waals surface area (Å²) in [4.78, 5) is 5.03. The van der Waals surface area contributed by atoms with Crippen LogP contribution in [-0.2, 0) is 7.05 Å². The van der Waals surface area contributed by atoms with Crippen LogP contribution in [0.5, 0.6) is 0 Å². The molecule has 0 aliphatic rings. The predicted octanol–water partition coefficient (Wildman–Crippen LogP) is 12.3. The van der Waals surface area contributed by atoms with Gasteiger partial charge in [-0.3, -0.25) is 4.98 Å². The Morgan fingerprint density at radius 2 is 1.25 bits per heavy atom. The van der Waals surface area contributed by atoms with E-state index in [1.807, 2.05) is 0 Å². The summed E-state index contributed by atoms with van der Waals surface area (Å²) in [5.74, 6) is 1.69. The molecule has 0 aliphatic heterocycles. The lowest BCUT2D eigenvalue weighted by molar-refractivity contribution is -0.633. The number of para-hydroxylation sites is 3. The fourth-order valence-electron chi connectivity index (χ4n) is 8.34. The van der Waals surface area contributed by atoms with Crippen LogP contribution in [-0.4, -0.2) is 9.55 Å². The second-order valence-electron chi connectivity index (χ2n) is 14.7. The number of rotatable bonds is 5. The second-order valence-corrected chi connectivity index (χ2v) is 14.7. The third kappa shape index (κ3) is 4.66. The molecule has 51 heavy (non-hydrogen) atoms. The molecular formula is C47H42N3O+. The van der Waals surface area contributed by atoms with Crippen molar-refractivity contribution in [2.45, 2.75) is 53.4 Å². The normalized spacial score (nSPS) is 12.2. The van der Waals surface area contributed by atoms with Crippen LogP contribution in [0.25, 0.3) is 82.8 Å². The van der Waals surface area contributed by atoms with E-state index in [2.05, 4.69) is 173 Å². The minimum Gasteiger partial charge on any atom is -0.454 e. The largest absolute Gasteiger partial charge is 0.454 e. The first-order valence-corrected chi connectivity index (χ1v) is 18.1. The van der Waals surface area contributed by atoms with Crippen LogP contribution in [0.4, 0.5) is 0 Å². The fourth-order valence-corrected chi connectivity index (χ4v) is 8.34. The molecule has 9 aromatic rings. The Bertz CT molecular complexity index is 2810. The van der Waals surface area contributed by atoms with Crippen LogP contribution in [0.15, 0.2) is 120 Å². The van der Waals surface area contributed by atoms with Crippen LogP contribution in [0.1, 0.15) is 61.9 Å². The van der Waals surface area contributed by atoms with Crippen molar-refractivity contribution in [1.82, 2.24) is 9.55 Å². The number of hydrogen-bond acceptors (Lipinski definition) is 2. The van der Waals surface area contributed by atoms with Gasteiger partial charge in [-0.25, -0.2) is 4.57 Å². The Kier molecular flexibility index (Phi) is 7.15. The number of imidazole rings is 1. The maximum atomic E-state index is 7.17. The van der Waals surface area contributed by atoms with Crippen LogP contribution >= 0.6 is 0 Å². The smallest absolute Gasteiger partial charge is 0.299 e. The number of furan rings is 1. The van der Waals surface area contributed by atoms with E-state index in [9.17, 15) is 0 Å². The van der Waals surface area contributed by atoms with E-state index in [1.54, 1.807) is 0 Å². The van der Waals surface area contributed by atoms with E-state index in [4.69, 9.17) is 9.40 Å². The molecule has 9 rings (SSSR count). The molecule has 0 spiro atoms. The topological polar surface area (TPSA) is 34.8 Å². The van der Waals surface area contributed by atoms with Gasteiger partial charge in [0.05, 0.1) is 12.6 Å². The standard InChI is InChI=1S/C47H42N3O/c1-27(2)37-25-32(31-15-9-8-10-16-31)26-38(28(3)4)44(37)50-41-20-14-13-19-40(41)49(7)47(50)42-29(5)21-22-35-36-24-23-34-33-17-11-12-18-39(33)48-30(6)43(34)46(36)51-45(35)42/h8-28H,1-7H3/q+1. The molecule has 0 amide bonds. The van der Waals surface area contributed by atoms with Gasteiger partial charge in [-0.05, 0) is 84.2 Å². The van der Waals surface area contributed by atoms with E-state index >= 15 is 0 Å². The molecule has 0 saturated heterocycles. The van der Waals surface area contributed by atoms with Gasteiger partial charge in [-0.1, -0.05) is 107 Å². The molecule has 250 valence electrons. The average Bonchev–Trinajstić information content (AvgIpc) is 3.66. The van der Waals surface area contributed by atoms with Crippen molar-refractivity contribution < 1.29 is 8.98 Å². The Hall–Kier alpha value is -5.74. The Morgan fingerprint density at radius 1 is 0.627 bits per heavy atom. The monoisotopic (exact) mass is 664 g/mol. The first-order chi connectivity index (χ1) is 24.7. The van der Waals surface area contributed by atoms with E-state index in [0.29, 0.717) is 11.8 Å². The highest BCUT2D eigenvalue weighted by Crippen LogP contribution is 2.44. The zero-order valence-electron chi connectivity index (χ0n) is 30.4. The minimum atomic E-state index is 0.292. The molecule has 3 aromatic heterocycles. The molecule has 0 radical (unpaired) electrons. The van der Waals surface area contributed by atoms with Crippen LogP contribution in [0.3, 0.4) is 0 Å². The van der Waals surface area contributed by atoms with Gasteiger partial charge in [-0.15, -0.1) is 0 Å². The highest BCUT2D eigenvalue weighted by Gasteiger charge is 2.34. The first-order valence-electron chi connectivity index (χ1n) is 18.1. The molecule has 0 N–H and O–H groups in total. The van der Waals surface area contributed by atoms with Crippen LogP contribution in [0, 0.1) is 13.8 Å². The predicted molar refractivity (Wildman–Crippen MR) is 213 cm³/mol. The van der Waals surface area contributed by atoms with E-state index < -0.39 is 0 Å². The molecule has 6 aromatic carbocycles. The van der Waals surface area contributed by atoms with E-state index in [1.165, 1.54) is 49.9 Å². The molecule has 4 nitrogen and oxygen atoms in total. The summed E-state index contributed by atoms with van der Waals surface area (Å²) in [7, 11) is 2.20. The van der Waals surface area contributed by atoms with Crippen LogP contribution < -0.4 is 4.57 Å². The van der Waals surface area contributed by atoms with Gasteiger partial charge in [0.2, 0.25) is 0 Å². The molecular weight excluding hydrogens is 623 g/mol. The summed E-state index contributed by atoms with van der Waals surface area (Å²) >= 11 is 0. The number of benzene rings is 6. The minimum absolute atomic E-state index is 0.292. The molecule has 0 unspecified atom stereocenters. The van der Waals surface area contributed by atoms with Crippen molar-refractivity contribution >= 4 is 54.6 Å². The van der Waals surface area contributed by atoms with Crippen molar-refractivity contribution in [2.24, 2.45) is 7.05 Å². The third-order valence-corrected chi connectivity index (χ3v) is 10.8. The number of aryl methyl sites for hydroxylation is 3. The molecule has 0 saturated carbocycles. The number of hydrogen-bond donors (Lipinski definition) is 0. The number of fused-ring (bicyclic) bond motifs is 8. The zero-order valence-corrected chi connectivity index (χ0v) is 30.4. The fraction of sp³-hybridized carbons (Fsp3) is 0.191. The van der Waals surface area contributed by atoms with Crippen molar-refractivity contribution in [3.8, 4) is 28.2 Å². The van der Waals surface area contributed by atoms with Gasteiger partial charge < -0.3 is 4.42 Å². The van der Waals surface area contributed by atoms with Gasteiger partial charge in [0.1, 0.15) is 16.8 Å². The SMILES string of the molecule is Cc1ccc2c(oc3c2ccc2c4ccccc4nc(C)c23)c1-c1n(-c2c(C(C)C)cc(-c3ccccc3)cc2C(C)C)c2ccccc2[n+]1C. The third-order valence-electron chi connectivity index (χ3n) is 10.8. The van der Waals surface area contributed by atoms with Crippen molar-refractivity contribution in [2.75, 3.05) is 0 Å². The first kappa shape index (κ1) is 31.3. The lowest BCUT2D eigenvalue weighted by Gasteiger charge is -2.21. The summed E-state index contributed by atoms with van der Waals surface area (Å²) in [6, 6.07) is 41.8. The summed E-state index contributed by atoms with van der Waals surface area (Å²) in [5.41, 5.74) is 14.8. The quantitative estimate of drug-likeness (QED) is 0.136. The maximum Gasteiger partial charge on any atom is 0.299 e. The lowest BCUT2D eigenvalue weighted by atomic mass is 9.88. The summed E-state index contributed by atoms with van der Waals surface area (Å²) in [5, 5.41) is 5.62.